The van der Waals surface area contributed by atoms with Crippen molar-refractivity contribution in [1.82, 2.24) is 10.3 Å². The van der Waals surface area contributed by atoms with E-state index in [1.54, 1.807) is 19.5 Å². The number of Topliss-reactive ketones (excluding diaryl/α,β-unsaturated/α-hetero) is 1. The average Bonchev–Trinajstić information content (AvgIpc) is 2.86. The Morgan fingerprint density at radius 2 is 1.91 bits per heavy atom. The van der Waals surface area contributed by atoms with Gasteiger partial charge in [0.25, 0.3) is 0 Å². The number of nitrogens with zero attached hydrogens (tertiary/aromatic N) is 1. The first-order valence-electron chi connectivity index (χ1n) is 11.6. The number of carbonyl (C=O) groups excluding carboxylic acids is 2. The van der Waals surface area contributed by atoms with E-state index in [0.717, 1.165) is 22.6 Å². The van der Waals surface area contributed by atoms with Crippen molar-refractivity contribution >= 4 is 11.8 Å². The van der Waals surface area contributed by atoms with Crippen LogP contribution in [-0.2, 0) is 19.1 Å². The molecule has 2 heterocycles. The fourth-order valence-electron chi connectivity index (χ4n) is 4.72. The van der Waals surface area contributed by atoms with Crippen LogP contribution in [0.3, 0.4) is 0 Å². The molecule has 2 aromatic rings. The summed E-state index contributed by atoms with van der Waals surface area (Å²) >= 11 is 0. The van der Waals surface area contributed by atoms with Crippen molar-refractivity contribution in [3.05, 3.63) is 82.5 Å². The van der Waals surface area contributed by atoms with Crippen molar-refractivity contribution in [1.29, 1.82) is 0 Å². The molecule has 0 radical (unpaired) electrons. The number of aromatic nitrogens is 1. The van der Waals surface area contributed by atoms with Crippen LogP contribution in [0.25, 0.3) is 0 Å². The normalized spacial score (nSPS) is 20.0. The third-order valence-corrected chi connectivity index (χ3v) is 6.32. The Bertz CT molecular complexity index is 1110. The molecule has 34 heavy (non-hydrogen) atoms. The maximum Gasteiger partial charge on any atom is 0.336 e. The van der Waals surface area contributed by atoms with Gasteiger partial charge in [-0.05, 0) is 55.5 Å². The van der Waals surface area contributed by atoms with Crippen molar-refractivity contribution in [3.8, 4) is 5.75 Å². The van der Waals surface area contributed by atoms with Crippen LogP contribution in [0.4, 0.5) is 0 Å². The highest BCUT2D eigenvalue weighted by Crippen LogP contribution is 2.45. The number of methoxy groups -OCH3 is 1. The molecule has 1 N–H and O–H groups in total. The Balaban J connectivity index is 1.67. The molecule has 0 fully saturated rings. The lowest BCUT2D eigenvalue weighted by Crippen LogP contribution is -2.36. The summed E-state index contributed by atoms with van der Waals surface area (Å²) in [5.41, 5.74) is 4.50. The van der Waals surface area contributed by atoms with Crippen LogP contribution >= 0.6 is 0 Å². The maximum absolute atomic E-state index is 13.6. The Morgan fingerprint density at radius 1 is 1.12 bits per heavy atom. The number of rotatable bonds is 8. The molecule has 0 spiro atoms. The van der Waals surface area contributed by atoms with Crippen LogP contribution in [0.5, 0.6) is 5.75 Å². The number of hydrogen-bond donors (Lipinski definition) is 1. The number of allylic oxidation sites excluding steroid dienone is 3. The van der Waals surface area contributed by atoms with Crippen LogP contribution in [0.1, 0.15) is 49.7 Å². The van der Waals surface area contributed by atoms with Gasteiger partial charge in [0.05, 0.1) is 19.3 Å². The number of carbonyl (C=O) groups is 2. The lowest BCUT2D eigenvalue weighted by molar-refractivity contribution is -0.140. The number of esters is 1. The summed E-state index contributed by atoms with van der Waals surface area (Å²) in [7, 11) is 1.63. The van der Waals surface area contributed by atoms with Gasteiger partial charge in [-0.15, -0.1) is 0 Å². The molecular weight excluding hydrogens is 432 g/mol. The van der Waals surface area contributed by atoms with Gasteiger partial charge in [-0.3, -0.25) is 9.78 Å². The van der Waals surface area contributed by atoms with E-state index in [0.29, 0.717) is 42.9 Å². The quantitative estimate of drug-likeness (QED) is 0.468. The number of hydrogen-bond acceptors (Lipinski definition) is 7. The van der Waals surface area contributed by atoms with Gasteiger partial charge in [0.1, 0.15) is 12.4 Å². The third kappa shape index (κ3) is 4.89. The SMILES string of the molecule is CCOCCOC(=O)C1=C(C)NC2=C(C(=O)C[C@H](c3ccc(OC)cc3)C2)[C@@H]1c1cccnc1. The lowest BCUT2D eigenvalue weighted by atomic mass is 9.72. The molecule has 2 atom stereocenters. The molecule has 178 valence electrons. The highest BCUT2D eigenvalue weighted by atomic mass is 16.6. The second-order valence-electron chi connectivity index (χ2n) is 8.41. The molecule has 1 aliphatic carbocycles. The standard InChI is InChI=1S/C27H30N2O5/c1-4-33-12-13-34-27(31)24-17(2)29-22-14-20(18-7-9-21(32-3)10-8-18)15-23(30)26(22)25(24)19-6-5-11-28-16-19/h5-11,16,20,25,29H,4,12-15H2,1-3H3/t20-,25-/m1/s1. The van der Waals surface area contributed by atoms with Gasteiger partial charge in [-0.1, -0.05) is 18.2 Å². The minimum absolute atomic E-state index is 0.0236. The monoisotopic (exact) mass is 462 g/mol. The number of benzene rings is 1. The van der Waals surface area contributed by atoms with E-state index in [1.807, 2.05) is 50.2 Å². The zero-order valence-electron chi connectivity index (χ0n) is 19.8. The van der Waals surface area contributed by atoms with E-state index in [9.17, 15) is 9.59 Å². The van der Waals surface area contributed by atoms with Gasteiger partial charge in [-0.25, -0.2) is 4.79 Å². The zero-order chi connectivity index (χ0) is 24.1. The van der Waals surface area contributed by atoms with E-state index >= 15 is 0 Å². The minimum atomic E-state index is -0.520. The second kappa shape index (κ2) is 10.7. The van der Waals surface area contributed by atoms with Gasteiger partial charge in [0.2, 0.25) is 0 Å². The smallest absolute Gasteiger partial charge is 0.336 e. The van der Waals surface area contributed by atoms with Gasteiger partial charge in [0, 0.05) is 48.3 Å². The molecule has 1 aromatic carbocycles. The third-order valence-electron chi connectivity index (χ3n) is 6.32. The Hall–Kier alpha value is -3.45. The van der Waals surface area contributed by atoms with Crippen LogP contribution in [0, 0.1) is 0 Å². The van der Waals surface area contributed by atoms with Crippen molar-refractivity contribution in [2.75, 3.05) is 26.9 Å². The van der Waals surface area contributed by atoms with E-state index in [-0.39, 0.29) is 18.3 Å². The predicted molar refractivity (Wildman–Crippen MR) is 127 cm³/mol. The molecule has 0 saturated carbocycles. The topological polar surface area (TPSA) is 86.8 Å². The Labute approximate surface area is 199 Å². The van der Waals surface area contributed by atoms with Gasteiger partial charge in [0.15, 0.2) is 5.78 Å². The summed E-state index contributed by atoms with van der Waals surface area (Å²) < 4.78 is 16.1. The summed E-state index contributed by atoms with van der Waals surface area (Å²) in [6, 6.07) is 11.6. The molecule has 1 aliphatic heterocycles. The summed E-state index contributed by atoms with van der Waals surface area (Å²) in [6.45, 7) is 4.78. The van der Waals surface area contributed by atoms with E-state index in [2.05, 4.69) is 10.3 Å². The van der Waals surface area contributed by atoms with Gasteiger partial charge in [-0.2, -0.15) is 0 Å². The Morgan fingerprint density at radius 3 is 2.59 bits per heavy atom. The van der Waals surface area contributed by atoms with Crippen molar-refractivity contribution in [3.63, 3.8) is 0 Å². The van der Waals surface area contributed by atoms with Crippen LogP contribution in [0.2, 0.25) is 0 Å². The van der Waals surface area contributed by atoms with Crippen molar-refractivity contribution in [2.45, 2.75) is 38.5 Å². The molecule has 7 heteroatoms. The highest BCUT2D eigenvalue weighted by Gasteiger charge is 2.41. The largest absolute Gasteiger partial charge is 0.497 e. The second-order valence-corrected chi connectivity index (χ2v) is 8.41. The number of nitrogens with one attached hydrogen (secondary N) is 1. The minimum Gasteiger partial charge on any atom is -0.497 e. The number of dihydropyridines is 1. The molecule has 2 aliphatic rings. The van der Waals surface area contributed by atoms with Crippen molar-refractivity contribution < 1.29 is 23.8 Å². The Kier molecular flexibility index (Phi) is 7.43. The first-order chi connectivity index (χ1) is 16.5. The summed E-state index contributed by atoms with van der Waals surface area (Å²) in [6.07, 6.45) is 4.44. The molecule has 0 saturated heterocycles. The van der Waals surface area contributed by atoms with Gasteiger partial charge >= 0.3 is 5.97 Å². The van der Waals surface area contributed by atoms with E-state index in [4.69, 9.17) is 14.2 Å². The first-order valence-corrected chi connectivity index (χ1v) is 11.6. The van der Waals surface area contributed by atoms with E-state index < -0.39 is 11.9 Å². The highest BCUT2D eigenvalue weighted by molar-refractivity contribution is 6.04. The van der Waals surface area contributed by atoms with Crippen LogP contribution < -0.4 is 10.1 Å². The molecule has 1 aromatic heterocycles. The number of pyridine rings is 1. The fraction of sp³-hybridized carbons (Fsp3) is 0.370. The predicted octanol–water partition coefficient (Wildman–Crippen LogP) is 4.03. The maximum atomic E-state index is 13.6. The lowest BCUT2D eigenvalue weighted by Gasteiger charge is -2.36. The van der Waals surface area contributed by atoms with E-state index in [1.165, 1.54) is 0 Å². The summed E-state index contributed by atoms with van der Waals surface area (Å²) in [4.78, 5) is 30.9. The average molecular weight is 463 g/mol. The first kappa shape index (κ1) is 23.7. The summed E-state index contributed by atoms with van der Waals surface area (Å²) in [5, 5.41) is 3.36. The molecule has 4 rings (SSSR count). The van der Waals surface area contributed by atoms with Crippen molar-refractivity contribution in [2.24, 2.45) is 0 Å². The summed E-state index contributed by atoms with van der Waals surface area (Å²) in [5.74, 6) is -0.115. The number of ketones is 1. The zero-order valence-corrected chi connectivity index (χ0v) is 19.8. The molecular formula is C27H30N2O5. The van der Waals surface area contributed by atoms with Crippen LogP contribution in [0.15, 0.2) is 71.3 Å². The number of ether oxygens (including phenoxy) is 3. The molecule has 0 bridgehead atoms. The molecule has 0 unspecified atom stereocenters. The molecule has 0 amide bonds. The van der Waals surface area contributed by atoms with Gasteiger partial charge < -0.3 is 19.5 Å². The fourth-order valence-corrected chi connectivity index (χ4v) is 4.72. The van der Waals surface area contributed by atoms with Crippen LogP contribution in [-0.4, -0.2) is 43.7 Å². The molecule has 7 nitrogen and oxygen atoms in total.